The van der Waals surface area contributed by atoms with Crippen LogP contribution in [0.1, 0.15) is 32.6 Å². The summed E-state index contributed by atoms with van der Waals surface area (Å²) in [6.45, 7) is 1.60. The zero-order chi connectivity index (χ0) is 9.14. The molecule has 1 saturated carbocycles. The van der Waals surface area contributed by atoms with Gasteiger partial charge in [0.25, 0.3) is 0 Å². The molecule has 1 aliphatic carbocycles. The molecule has 0 spiro atoms. The Kier molecular flexibility index (Phi) is 2.84. The smallest absolute Gasteiger partial charge is 0.217 e. The van der Waals surface area contributed by atoms with Gasteiger partial charge in [-0.3, -0.25) is 9.59 Å². The number of carbonyl (C=O) groups excluding carboxylic acids is 2. The Balaban J connectivity index is 2.52. The van der Waals surface area contributed by atoms with E-state index in [-0.39, 0.29) is 23.5 Å². The minimum atomic E-state index is -0.284. The molecular weight excluding hydrogens is 154 g/mol. The lowest BCUT2D eigenvalue weighted by atomic mass is 9.90. The monoisotopic (exact) mass is 169 g/mol. The van der Waals surface area contributed by atoms with E-state index in [0.29, 0.717) is 6.42 Å². The Bertz CT molecular complexity index is 201. The van der Waals surface area contributed by atoms with Gasteiger partial charge in [-0.25, -0.2) is 0 Å². The molecular formula is C9H15NO2. The average molecular weight is 169 g/mol. The molecule has 0 unspecified atom stereocenters. The fourth-order valence-electron chi connectivity index (χ4n) is 2.07. The highest BCUT2D eigenvalue weighted by Gasteiger charge is 2.31. The lowest BCUT2D eigenvalue weighted by Gasteiger charge is -2.14. The van der Waals surface area contributed by atoms with Crippen LogP contribution in [-0.2, 0) is 9.59 Å². The summed E-state index contributed by atoms with van der Waals surface area (Å²) in [6, 6.07) is 0. The molecule has 1 aliphatic rings. The van der Waals surface area contributed by atoms with E-state index in [1.165, 1.54) is 0 Å². The Morgan fingerprint density at radius 1 is 1.42 bits per heavy atom. The van der Waals surface area contributed by atoms with Crippen molar-refractivity contribution in [3.05, 3.63) is 0 Å². The van der Waals surface area contributed by atoms with Crippen LogP contribution in [0.4, 0.5) is 0 Å². The summed E-state index contributed by atoms with van der Waals surface area (Å²) in [4.78, 5) is 21.7. The molecule has 12 heavy (non-hydrogen) atoms. The van der Waals surface area contributed by atoms with Gasteiger partial charge in [0.05, 0.1) is 0 Å². The standard InChI is InChI=1S/C9H15NO2/c1-6(11)8-4-2-3-7(8)5-9(10)12/h7-8H,2-5H2,1H3,(H2,10,12)/t7-,8-/m1/s1. The van der Waals surface area contributed by atoms with Crippen molar-refractivity contribution in [2.24, 2.45) is 17.6 Å². The van der Waals surface area contributed by atoms with Crippen LogP contribution in [0.3, 0.4) is 0 Å². The third-order valence-electron chi connectivity index (χ3n) is 2.64. The highest BCUT2D eigenvalue weighted by Crippen LogP contribution is 2.34. The molecule has 3 heteroatoms. The third-order valence-corrected chi connectivity index (χ3v) is 2.64. The van der Waals surface area contributed by atoms with Crippen molar-refractivity contribution < 1.29 is 9.59 Å². The van der Waals surface area contributed by atoms with E-state index in [1.54, 1.807) is 6.92 Å². The summed E-state index contributed by atoms with van der Waals surface area (Å²) in [5.41, 5.74) is 5.08. The molecule has 3 nitrogen and oxygen atoms in total. The summed E-state index contributed by atoms with van der Waals surface area (Å²) >= 11 is 0. The van der Waals surface area contributed by atoms with Gasteiger partial charge in [-0.05, 0) is 25.7 Å². The second-order valence-corrected chi connectivity index (χ2v) is 3.58. The highest BCUT2D eigenvalue weighted by molar-refractivity contribution is 5.80. The number of primary amides is 1. The molecule has 1 amide bonds. The molecule has 0 saturated heterocycles. The molecule has 2 atom stereocenters. The van der Waals surface area contributed by atoms with Crippen molar-refractivity contribution in [2.75, 3.05) is 0 Å². The van der Waals surface area contributed by atoms with E-state index < -0.39 is 0 Å². The number of amides is 1. The number of nitrogens with two attached hydrogens (primary N) is 1. The molecule has 1 rings (SSSR count). The first kappa shape index (κ1) is 9.23. The molecule has 0 radical (unpaired) electrons. The van der Waals surface area contributed by atoms with Crippen LogP contribution < -0.4 is 5.73 Å². The SMILES string of the molecule is CC(=O)[C@H]1CCC[C@@H]1CC(N)=O. The minimum Gasteiger partial charge on any atom is -0.370 e. The fourth-order valence-corrected chi connectivity index (χ4v) is 2.07. The van der Waals surface area contributed by atoms with Crippen molar-refractivity contribution in [1.29, 1.82) is 0 Å². The molecule has 0 aromatic carbocycles. The van der Waals surface area contributed by atoms with Crippen LogP contribution in [0, 0.1) is 11.8 Å². The van der Waals surface area contributed by atoms with E-state index in [4.69, 9.17) is 5.73 Å². The maximum Gasteiger partial charge on any atom is 0.217 e. The molecule has 0 bridgehead atoms. The van der Waals surface area contributed by atoms with Crippen molar-refractivity contribution in [3.8, 4) is 0 Å². The number of carbonyl (C=O) groups is 2. The van der Waals surface area contributed by atoms with E-state index in [2.05, 4.69) is 0 Å². The minimum absolute atomic E-state index is 0.0949. The predicted molar refractivity (Wildman–Crippen MR) is 45.3 cm³/mol. The van der Waals surface area contributed by atoms with Crippen LogP contribution in [0.25, 0.3) is 0 Å². The summed E-state index contributed by atoms with van der Waals surface area (Å²) in [6.07, 6.45) is 3.35. The number of hydrogen-bond donors (Lipinski definition) is 1. The molecule has 2 N–H and O–H groups in total. The quantitative estimate of drug-likeness (QED) is 0.681. The molecule has 0 aliphatic heterocycles. The van der Waals surface area contributed by atoms with Gasteiger partial charge in [-0.2, -0.15) is 0 Å². The van der Waals surface area contributed by atoms with E-state index in [9.17, 15) is 9.59 Å². The van der Waals surface area contributed by atoms with Crippen LogP contribution in [0.2, 0.25) is 0 Å². The maximum atomic E-state index is 11.1. The Morgan fingerprint density at radius 3 is 2.58 bits per heavy atom. The van der Waals surface area contributed by atoms with Gasteiger partial charge in [0.1, 0.15) is 5.78 Å². The first-order chi connectivity index (χ1) is 5.61. The first-order valence-corrected chi connectivity index (χ1v) is 4.40. The first-order valence-electron chi connectivity index (χ1n) is 4.40. The van der Waals surface area contributed by atoms with Crippen LogP contribution in [0.15, 0.2) is 0 Å². The third kappa shape index (κ3) is 2.06. The summed E-state index contributed by atoms with van der Waals surface area (Å²) in [7, 11) is 0. The molecule has 0 heterocycles. The van der Waals surface area contributed by atoms with Gasteiger partial charge in [0.15, 0.2) is 0 Å². The maximum absolute atomic E-state index is 11.1. The van der Waals surface area contributed by atoms with Gasteiger partial charge in [-0.1, -0.05) is 6.42 Å². The highest BCUT2D eigenvalue weighted by atomic mass is 16.1. The van der Waals surface area contributed by atoms with Crippen molar-refractivity contribution in [1.82, 2.24) is 0 Å². The Morgan fingerprint density at radius 2 is 2.08 bits per heavy atom. The van der Waals surface area contributed by atoms with E-state index in [1.807, 2.05) is 0 Å². The fraction of sp³-hybridized carbons (Fsp3) is 0.778. The van der Waals surface area contributed by atoms with Crippen LogP contribution in [-0.4, -0.2) is 11.7 Å². The predicted octanol–water partition coefficient (Wildman–Crippen LogP) is 0.867. The molecule has 1 fully saturated rings. The Hall–Kier alpha value is -0.860. The molecule has 0 aromatic heterocycles. The lowest BCUT2D eigenvalue weighted by Crippen LogP contribution is -2.22. The van der Waals surface area contributed by atoms with Crippen LogP contribution >= 0.6 is 0 Å². The van der Waals surface area contributed by atoms with Gasteiger partial charge in [-0.15, -0.1) is 0 Å². The summed E-state index contributed by atoms with van der Waals surface area (Å²) in [5.74, 6) is 0.240. The molecule has 0 aromatic rings. The van der Waals surface area contributed by atoms with Gasteiger partial charge < -0.3 is 5.73 Å². The summed E-state index contributed by atoms with van der Waals surface area (Å²) < 4.78 is 0. The average Bonchev–Trinajstić information content (AvgIpc) is 2.33. The topological polar surface area (TPSA) is 60.2 Å². The van der Waals surface area contributed by atoms with Gasteiger partial charge in [0.2, 0.25) is 5.91 Å². The van der Waals surface area contributed by atoms with E-state index >= 15 is 0 Å². The number of rotatable bonds is 3. The molecule has 68 valence electrons. The number of Topliss-reactive ketones (excluding diaryl/α,β-unsaturated/α-hetero) is 1. The number of hydrogen-bond acceptors (Lipinski definition) is 2. The zero-order valence-electron chi connectivity index (χ0n) is 7.38. The van der Waals surface area contributed by atoms with E-state index in [0.717, 1.165) is 19.3 Å². The largest absolute Gasteiger partial charge is 0.370 e. The second kappa shape index (κ2) is 3.70. The zero-order valence-corrected chi connectivity index (χ0v) is 7.38. The lowest BCUT2D eigenvalue weighted by molar-refractivity contribution is -0.123. The normalized spacial score (nSPS) is 28.8. The summed E-state index contributed by atoms with van der Waals surface area (Å²) in [5, 5.41) is 0. The van der Waals surface area contributed by atoms with Gasteiger partial charge >= 0.3 is 0 Å². The van der Waals surface area contributed by atoms with Crippen molar-refractivity contribution >= 4 is 11.7 Å². The van der Waals surface area contributed by atoms with Crippen molar-refractivity contribution in [2.45, 2.75) is 32.6 Å². The number of ketones is 1. The van der Waals surface area contributed by atoms with Crippen molar-refractivity contribution in [3.63, 3.8) is 0 Å². The second-order valence-electron chi connectivity index (χ2n) is 3.58. The van der Waals surface area contributed by atoms with Crippen LogP contribution in [0.5, 0.6) is 0 Å². The Labute approximate surface area is 72.3 Å². The van der Waals surface area contributed by atoms with Gasteiger partial charge in [0, 0.05) is 12.3 Å².